The van der Waals surface area contributed by atoms with E-state index in [0.29, 0.717) is 5.41 Å². The number of anilines is 2. The quantitative estimate of drug-likeness (QED) is 0.911. The van der Waals surface area contributed by atoms with Crippen molar-refractivity contribution in [1.29, 1.82) is 0 Å². The van der Waals surface area contributed by atoms with E-state index in [9.17, 15) is 0 Å². The first-order chi connectivity index (χ1) is 8.03. The summed E-state index contributed by atoms with van der Waals surface area (Å²) in [6.45, 7) is 6.79. The van der Waals surface area contributed by atoms with Crippen LogP contribution >= 0.6 is 15.9 Å². The van der Waals surface area contributed by atoms with Crippen LogP contribution in [-0.2, 0) is 0 Å². The van der Waals surface area contributed by atoms with Crippen LogP contribution in [-0.4, -0.2) is 30.1 Å². The fourth-order valence-electron chi connectivity index (χ4n) is 2.08. The Kier molecular flexibility index (Phi) is 3.56. The molecule has 1 saturated heterocycles. The van der Waals surface area contributed by atoms with Crippen molar-refractivity contribution in [2.75, 3.05) is 30.4 Å². The third kappa shape index (κ3) is 2.70. The molecule has 0 aliphatic carbocycles. The molecule has 0 unspecified atom stereocenters. The summed E-state index contributed by atoms with van der Waals surface area (Å²) in [6, 6.07) is 0. The molecule has 17 heavy (non-hydrogen) atoms. The van der Waals surface area contributed by atoms with Crippen LogP contribution in [0.3, 0.4) is 0 Å². The van der Waals surface area contributed by atoms with Gasteiger partial charge in [-0.25, -0.2) is 9.97 Å². The summed E-state index contributed by atoms with van der Waals surface area (Å²) >= 11 is 3.58. The van der Waals surface area contributed by atoms with Crippen molar-refractivity contribution in [3.05, 3.63) is 10.8 Å². The SMILES string of the molecule is CNc1ncnc(N2CCC(C)(C)CC2)c1Br. The highest BCUT2D eigenvalue weighted by molar-refractivity contribution is 9.10. The Balaban J connectivity index is 2.19. The second-order valence-corrected chi connectivity index (χ2v) is 6.05. The summed E-state index contributed by atoms with van der Waals surface area (Å²) in [7, 11) is 1.87. The standard InChI is InChI=1S/C12H19BrN4/c1-12(2)4-6-17(7-5-12)11-9(13)10(14-3)15-8-16-11/h8H,4-7H2,1-3H3,(H,14,15,16). The minimum absolute atomic E-state index is 0.460. The van der Waals surface area contributed by atoms with Crippen LogP contribution < -0.4 is 10.2 Å². The van der Waals surface area contributed by atoms with E-state index < -0.39 is 0 Å². The Morgan fingerprint density at radius 2 is 1.94 bits per heavy atom. The van der Waals surface area contributed by atoms with Gasteiger partial charge in [0.25, 0.3) is 0 Å². The van der Waals surface area contributed by atoms with Crippen LogP contribution in [0.1, 0.15) is 26.7 Å². The minimum atomic E-state index is 0.460. The van der Waals surface area contributed by atoms with Crippen molar-refractivity contribution in [2.24, 2.45) is 5.41 Å². The highest BCUT2D eigenvalue weighted by Crippen LogP contribution is 2.35. The molecule has 1 N–H and O–H groups in total. The lowest BCUT2D eigenvalue weighted by Gasteiger charge is -2.37. The number of rotatable bonds is 2. The Bertz CT molecular complexity index is 395. The van der Waals surface area contributed by atoms with Gasteiger partial charge in [-0.15, -0.1) is 0 Å². The minimum Gasteiger partial charge on any atom is -0.372 e. The van der Waals surface area contributed by atoms with E-state index in [1.807, 2.05) is 7.05 Å². The Hall–Kier alpha value is -0.840. The molecule has 1 aliphatic rings. The van der Waals surface area contributed by atoms with Gasteiger partial charge in [-0.3, -0.25) is 0 Å². The molecule has 0 bridgehead atoms. The maximum absolute atomic E-state index is 4.39. The van der Waals surface area contributed by atoms with Gasteiger partial charge in [0.15, 0.2) is 0 Å². The summed E-state index contributed by atoms with van der Waals surface area (Å²) in [5, 5.41) is 3.07. The van der Waals surface area contributed by atoms with Gasteiger partial charge in [-0.1, -0.05) is 13.8 Å². The summed E-state index contributed by atoms with van der Waals surface area (Å²) in [6.07, 6.45) is 4.03. The van der Waals surface area contributed by atoms with Gasteiger partial charge in [0.1, 0.15) is 22.4 Å². The topological polar surface area (TPSA) is 41.1 Å². The Morgan fingerprint density at radius 3 is 2.53 bits per heavy atom. The molecule has 1 fully saturated rings. The zero-order valence-electron chi connectivity index (χ0n) is 10.6. The molecular formula is C12H19BrN4. The summed E-state index contributed by atoms with van der Waals surface area (Å²) in [4.78, 5) is 10.9. The molecule has 4 nitrogen and oxygen atoms in total. The van der Waals surface area contributed by atoms with Gasteiger partial charge in [0, 0.05) is 20.1 Å². The van der Waals surface area contributed by atoms with Crippen molar-refractivity contribution in [3.63, 3.8) is 0 Å². The number of halogens is 1. The summed E-state index contributed by atoms with van der Waals surface area (Å²) < 4.78 is 0.960. The molecule has 1 aliphatic heterocycles. The molecule has 2 heterocycles. The van der Waals surface area contributed by atoms with E-state index in [1.165, 1.54) is 12.8 Å². The number of aromatic nitrogens is 2. The lowest BCUT2D eigenvalue weighted by atomic mass is 9.83. The van der Waals surface area contributed by atoms with Crippen LogP contribution in [0, 0.1) is 5.41 Å². The smallest absolute Gasteiger partial charge is 0.148 e. The van der Waals surface area contributed by atoms with Gasteiger partial charge in [0.2, 0.25) is 0 Å². The molecule has 0 spiro atoms. The number of hydrogen-bond acceptors (Lipinski definition) is 4. The van der Waals surface area contributed by atoms with Crippen molar-refractivity contribution in [3.8, 4) is 0 Å². The number of hydrogen-bond donors (Lipinski definition) is 1. The molecule has 2 rings (SSSR count). The molecule has 1 aromatic heterocycles. The molecule has 5 heteroatoms. The van der Waals surface area contributed by atoms with E-state index in [1.54, 1.807) is 6.33 Å². The molecule has 0 saturated carbocycles. The maximum Gasteiger partial charge on any atom is 0.148 e. The molecule has 0 radical (unpaired) electrons. The fourth-order valence-corrected chi connectivity index (χ4v) is 2.73. The highest BCUT2D eigenvalue weighted by Gasteiger charge is 2.27. The number of nitrogens with zero attached hydrogens (tertiary/aromatic N) is 3. The average Bonchev–Trinajstić information content (AvgIpc) is 2.30. The molecule has 1 aromatic rings. The molecular weight excluding hydrogens is 280 g/mol. The summed E-state index contributed by atoms with van der Waals surface area (Å²) in [5.41, 5.74) is 0.460. The first kappa shape index (κ1) is 12.6. The predicted octanol–water partition coefficient (Wildman–Crippen LogP) is 2.91. The van der Waals surface area contributed by atoms with Gasteiger partial charge in [-0.2, -0.15) is 0 Å². The molecule has 0 aromatic carbocycles. The second kappa shape index (κ2) is 4.80. The second-order valence-electron chi connectivity index (χ2n) is 5.26. The van der Waals surface area contributed by atoms with Crippen LogP contribution in [0.4, 0.5) is 11.6 Å². The van der Waals surface area contributed by atoms with Gasteiger partial charge in [0.05, 0.1) is 0 Å². The highest BCUT2D eigenvalue weighted by atomic mass is 79.9. The zero-order chi connectivity index (χ0) is 12.5. The van der Waals surface area contributed by atoms with Crippen molar-refractivity contribution in [2.45, 2.75) is 26.7 Å². The van der Waals surface area contributed by atoms with Gasteiger partial charge in [-0.05, 0) is 34.2 Å². The number of nitrogens with one attached hydrogen (secondary N) is 1. The van der Waals surface area contributed by atoms with E-state index in [0.717, 1.165) is 29.2 Å². The van der Waals surface area contributed by atoms with E-state index in [-0.39, 0.29) is 0 Å². The zero-order valence-corrected chi connectivity index (χ0v) is 12.2. The van der Waals surface area contributed by atoms with Crippen molar-refractivity contribution >= 4 is 27.6 Å². The predicted molar refractivity (Wildman–Crippen MR) is 74.5 cm³/mol. The van der Waals surface area contributed by atoms with Crippen LogP contribution in [0.2, 0.25) is 0 Å². The number of piperidine rings is 1. The van der Waals surface area contributed by atoms with Gasteiger partial charge < -0.3 is 10.2 Å². The van der Waals surface area contributed by atoms with E-state index in [4.69, 9.17) is 0 Å². The monoisotopic (exact) mass is 298 g/mol. The third-order valence-electron chi connectivity index (χ3n) is 3.42. The van der Waals surface area contributed by atoms with Crippen LogP contribution in [0.15, 0.2) is 10.8 Å². The molecule has 0 amide bonds. The largest absolute Gasteiger partial charge is 0.372 e. The van der Waals surface area contributed by atoms with Crippen molar-refractivity contribution < 1.29 is 0 Å². The lowest BCUT2D eigenvalue weighted by molar-refractivity contribution is 0.279. The Morgan fingerprint density at radius 1 is 1.29 bits per heavy atom. The first-order valence-corrected chi connectivity index (χ1v) is 6.76. The van der Waals surface area contributed by atoms with Gasteiger partial charge >= 0.3 is 0 Å². The van der Waals surface area contributed by atoms with Crippen LogP contribution in [0.25, 0.3) is 0 Å². The van der Waals surface area contributed by atoms with Crippen LogP contribution in [0.5, 0.6) is 0 Å². The normalized spacial score (nSPS) is 19.2. The first-order valence-electron chi connectivity index (χ1n) is 5.97. The average molecular weight is 299 g/mol. The van der Waals surface area contributed by atoms with E-state index >= 15 is 0 Å². The fraction of sp³-hybridized carbons (Fsp3) is 0.667. The molecule has 0 atom stereocenters. The Labute approximate surface area is 111 Å². The maximum atomic E-state index is 4.39. The summed E-state index contributed by atoms with van der Waals surface area (Å²) in [5.74, 6) is 1.85. The molecule has 94 valence electrons. The van der Waals surface area contributed by atoms with E-state index in [2.05, 4.69) is 50.0 Å². The third-order valence-corrected chi connectivity index (χ3v) is 4.15. The lowest BCUT2D eigenvalue weighted by Crippen LogP contribution is -2.38. The van der Waals surface area contributed by atoms with Crippen molar-refractivity contribution in [1.82, 2.24) is 9.97 Å².